The Hall–Kier alpha value is -1.33. The second-order valence-electron chi connectivity index (χ2n) is 4.73. The van der Waals surface area contributed by atoms with E-state index in [1.165, 1.54) is 5.56 Å². The van der Waals surface area contributed by atoms with Crippen molar-refractivity contribution < 1.29 is 5.11 Å². The molecule has 0 aromatic heterocycles. The molecule has 1 aromatic carbocycles. The Bertz CT molecular complexity index is 354. The van der Waals surface area contributed by atoms with Crippen molar-refractivity contribution in [1.29, 1.82) is 0 Å². The molecule has 1 unspecified atom stereocenters. The Morgan fingerprint density at radius 3 is 2.20 bits per heavy atom. The first-order chi connectivity index (χ1) is 6.95. The Morgan fingerprint density at radius 1 is 1.27 bits per heavy atom. The maximum absolute atomic E-state index is 9.60. The highest BCUT2D eigenvalue weighted by atomic mass is 16.3. The average Bonchev–Trinajstić information content (AvgIpc) is 2.17. The molecular formula is C13H17NO. The Balaban J connectivity index is 2.87. The van der Waals surface area contributed by atoms with E-state index in [-0.39, 0.29) is 12.0 Å². The van der Waals surface area contributed by atoms with Gasteiger partial charge in [0.05, 0.1) is 0 Å². The van der Waals surface area contributed by atoms with E-state index in [1.54, 1.807) is 0 Å². The van der Waals surface area contributed by atoms with Crippen molar-refractivity contribution in [2.45, 2.75) is 32.3 Å². The highest BCUT2D eigenvalue weighted by Crippen LogP contribution is 2.23. The van der Waals surface area contributed by atoms with Crippen LogP contribution in [0.3, 0.4) is 0 Å². The van der Waals surface area contributed by atoms with Gasteiger partial charge in [-0.15, -0.1) is 0 Å². The van der Waals surface area contributed by atoms with Crippen molar-refractivity contribution in [3.8, 4) is 0 Å². The van der Waals surface area contributed by atoms with Crippen LogP contribution in [0.4, 0.5) is 0 Å². The third-order valence-corrected chi connectivity index (χ3v) is 2.43. The summed E-state index contributed by atoms with van der Waals surface area (Å²) in [6.45, 7) is 13.3. The first-order valence-electron chi connectivity index (χ1n) is 5.07. The largest absolute Gasteiger partial charge is 0.381 e. The second kappa shape index (κ2) is 4.46. The Morgan fingerprint density at radius 2 is 1.80 bits per heavy atom. The fourth-order valence-corrected chi connectivity index (χ4v) is 1.40. The van der Waals surface area contributed by atoms with Crippen molar-refractivity contribution in [3.63, 3.8) is 0 Å². The molecule has 15 heavy (non-hydrogen) atoms. The lowest BCUT2D eigenvalue weighted by Crippen LogP contribution is -2.11. The number of benzene rings is 1. The summed E-state index contributed by atoms with van der Waals surface area (Å²) >= 11 is 0. The summed E-state index contributed by atoms with van der Waals surface area (Å²) in [6.07, 6.45) is -0.656. The predicted molar refractivity (Wildman–Crippen MR) is 61.6 cm³/mol. The van der Waals surface area contributed by atoms with Crippen LogP contribution in [0.25, 0.3) is 4.85 Å². The molecule has 80 valence electrons. The van der Waals surface area contributed by atoms with Crippen LogP contribution in [0.1, 0.15) is 38.0 Å². The second-order valence-corrected chi connectivity index (χ2v) is 4.73. The Kier molecular flexibility index (Phi) is 3.49. The fourth-order valence-electron chi connectivity index (χ4n) is 1.40. The van der Waals surface area contributed by atoms with Gasteiger partial charge in [0.2, 0.25) is 6.54 Å². The van der Waals surface area contributed by atoms with Gasteiger partial charge in [0.25, 0.3) is 0 Å². The molecule has 1 atom stereocenters. The molecule has 0 bridgehead atoms. The van der Waals surface area contributed by atoms with Gasteiger partial charge in [-0.1, -0.05) is 45.0 Å². The fraction of sp³-hybridized carbons (Fsp3) is 0.462. The molecule has 0 aliphatic heterocycles. The van der Waals surface area contributed by atoms with Crippen LogP contribution in [-0.2, 0) is 5.41 Å². The zero-order valence-corrected chi connectivity index (χ0v) is 9.49. The summed E-state index contributed by atoms with van der Waals surface area (Å²) in [5.41, 5.74) is 2.18. The molecule has 0 saturated heterocycles. The van der Waals surface area contributed by atoms with E-state index in [1.807, 2.05) is 24.3 Å². The topological polar surface area (TPSA) is 24.6 Å². The summed E-state index contributed by atoms with van der Waals surface area (Å²) in [6, 6.07) is 7.83. The van der Waals surface area contributed by atoms with Gasteiger partial charge in [-0.25, -0.2) is 6.57 Å². The SMILES string of the molecule is [C-]#[N+]CC(O)c1ccc(C(C)(C)C)cc1. The lowest BCUT2D eigenvalue weighted by Gasteiger charge is -2.19. The normalized spacial score (nSPS) is 13.3. The minimum atomic E-state index is -0.656. The van der Waals surface area contributed by atoms with E-state index >= 15 is 0 Å². The first-order valence-corrected chi connectivity index (χ1v) is 5.07. The van der Waals surface area contributed by atoms with E-state index in [0.717, 1.165) is 5.56 Å². The van der Waals surface area contributed by atoms with Crippen LogP contribution in [0.5, 0.6) is 0 Å². The molecular weight excluding hydrogens is 186 g/mol. The maximum atomic E-state index is 9.60. The van der Waals surface area contributed by atoms with E-state index < -0.39 is 6.10 Å². The van der Waals surface area contributed by atoms with Gasteiger partial charge in [0.15, 0.2) is 6.10 Å². The highest BCUT2D eigenvalue weighted by molar-refractivity contribution is 5.28. The minimum absolute atomic E-state index is 0.128. The number of aliphatic hydroxyl groups is 1. The molecule has 0 spiro atoms. The maximum Gasteiger partial charge on any atom is 0.244 e. The number of aliphatic hydroxyl groups excluding tert-OH is 1. The van der Waals surface area contributed by atoms with Crippen LogP contribution in [-0.4, -0.2) is 11.7 Å². The molecule has 2 nitrogen and oxygen atoms in total. The number of hydrogen-bond acceptors (Lipinski definition) is 1. The van der Waals surface area contributed by atoms with Crippen LogP contribution < -0.4 is 0 Å². The van der Waals surface area contributed by atoms with Crippen LogP contribution in [0.15, 0.2) is 24.3 Å². The Labute approximate surface area is 91.4 Å². The van der Waals surface area contributed by atoms with Crippen molar-refractivity contribution in [2.24, 2.45) is 0 Å². The van der Waals surface area contributed by atoms with Crippen molar-refractivity contribution >= 4 is 0 Å². The highest BCUT2D eigenvalue weighted by Gasteiger charge is 2.15. The zero-order chi connectivity index (χ0) is 11.5. The van der Waals surface area contributed by atoms with E-state index in [9.17, 15) is 5.11 Å². The summed E-state index contributed by atoms with van der Waals surface area (Å²) in [4.78, 5) is 3.18. The quantitative estimate of drug-likeness (QED) is 0.734. The molecule has 0 amide bonds. The first kappa shape index (κ1) is 11.7. The molecule has 1 rings (SSSR count). The lowest BCUT2D eigenvalue weighted by atomic mass is 9.86. The van der Waals surface area contributed by atoms with Crippen molar-refractivity contribution in [1.82, 2.24) is 0 Å². The molecule has 0 fully saturated rings. The number of hydrogen-bond donors (Lipinski definition) is 1. The third kappa shape index (κ3) is 3.07. The van der Waals surface area contributed by atoms with Gasteiger partial charge in [0, 0.05) is 0 Å². The van der Waals surface area contributed by atoms with Gasteiger partial charge >= 0.3 is 0 Å². The molecule has 0 radical (unpaired) electrons. The molecule has 0 saturated carbocycles. The molecule has 0 aliphatic carbocycles. The summed E-state index contributed by atoms with van der Waals surface area (Å²) < 4.78 is 0. The van der Waals surface area contributed by atoms with E-state index in [2.05, 4.69) is 25.6 Å². The lowest BCUT2D eigenvalue weighted by molar-refractivity contribution is 0.195. The van der Waals surface area contributed by atoms with Gasteiger partial charge in [0.1, 0.15) is 0 Å². The minimum Gasteiger partial charge on any atom is -0.381 e. The van der Waals surface area contributed by atoms with E-state index in [0.29, 0.717) is 0 Å². The van der Waals surface area contributed by atoms with Crippen LogP contribution >= 0.6 is 0 Å². The molecule has 0 aliphatic rings. The van der Waals surface area contributed by atoms with Crippen LogP contribution in [0.2, 0.25) is 0 Å². The predicted octanol–water partition coefficient (Wildman–Crippen LogP) is 2.94. The molecule has 1 N–H and O–H groups in total. The van der Waals surface area contributed by atoms with Gasteiger partial charge in [-0.3, -0.25) is 0 Å². The van der Waals surface area contributed by atoms with Gasteiger partial charge < -0.3 is 9.95 Å². The summed E-state index contributed by atoms with van der Waals surface area (Å²) in [5.74, 6) is 0. The smallest absolute Gasteiger partial charge is 0.244 e. The van der Waals surface area contributed by atoms with Gasteiger partial charge in [-0.2, -0.15) is 0 Å². The average molecular weight is 203 g/mol. The van der Waals surface area contributed by atoms with Crippen molar-refractivity contribution in [2.75, 3.05) is 6.54 Å². The molecule has 1 aromatic rings. The van der Waals surface area contributed by atoms with Gasteiger partial charge in [-0.05, 0) is 16.5 Å². The number of nitrogens with zero attached hydrogens (tertiary/aromatic N) is 1. The van der Waals surface area contributed by atoms with Crippen LogP contribution in [0, 0.1) is 6.57 Å². The van der Waals surface area contributed by atoms with E-state index in [4.69, 9.17) is 6.57 Å². The zero-order valence-electron chi connectivity index (χ0n) is 9.49. The standard InChI is InChI=1S/C13H17NO/c1-13(2,3)11-7-5-10(6-8-11)12(15)9-14-4/h5-8,12,15H,9H2,1-3H3. The summed E-state index contributed by atoms with van der Waals surface area (Å²) in [5, 5.41) is 9.60. The monoisotopic (exact) mass is 203 g/mol. The third-order valence-electron chi connectivity index (χ3n) is 2.43. The number of rotatable bonds is 2. The van der Waals surface area contributed by atoms with Crippen molar-refractivity contribution in [3.05, 3.63) is 46.8 Å². The molecule has 0 heterocycles. The molecule has 2 heteroatoms. The summed E-state index contributed by atoms with van der Waals surface area (Å²) in [7, 11) is 0.